The maximum absolute atomic E-state index is 6.02. The first-order valence-corrected chi connectivity index (χ1v) is 5.56. The highest BCUT2D eigenvalue weighted by Crippen LogP contribution is 2.21. The van der Waals surface area contributed by atoms with Gasteiger partial charge in [0.1, 0.15) is 5.69 Å². The number of nitrogens with zero attached hydrogens (tertiary/aromatic N) is 3. The van der Waals surface area contributed by atoms with Gasteiger partial charge in [0, 0.05) is 6.20 Å². The number of halogens is 1. The molecule has 0 aromatic carbocycles. The summed E-state index contributed by atoms with van der Waals surface area (Å²) in [5.74, 6) is 0.703. The molecule has 0 bridgehead atoms. The van der Waals surface area contributed by atoms with Crippen LogP contribution in [0.2, 0.25) is 5.02 Å². The van der Waals surface area contributed by atoms with Crippen molar-refractivity contribution in [1.29, 1.82) is 0 Å². The van der Waals surface area contributed by atoms with Crippen LogP contribution in [0.4, 0.5) is 0 Å². The zero-order valence-electron chi connectivity index (χ0n) is 9.11. The Morgan fingerprint density at radius 3 is 2.88 bits per heavy atom. The molecule has 0 aliphatic heterocycles. The molecule has 0 spiro atoms. The first-order chi connectivity index (χ1) is 8.24. The average molecular weight is 245 g/mol. The highest BCUT2D eigenvalue weighted by atomic mass is 35.5. The minimum Gasteiger partial charge on any atom is -0.335 e. The molecule has 84 valence electrons. The van der Waals surface area contributed by atoms with Crippen molar-refractivity contribution in [2.24, 2.45) is 0 Å². The summed E-state index contributed by atoms with van der Waals surface area (Å²) in [4.78, 5) is 16.1. The van der Waals surface area contributed by atoms with Gasteiger partial charge < -0.3 is 4.98 Å². The number of aromatic nitrogens is 4. The van der Waals surface area contributed by atoms with E-state index >= 15 is 0 Å². The maximum atomic E-state index is 6.02. The van der Waals surface area contributed by atoms with Crippen molar-refractivity contribution in [1.82, 2.24) is 19.9 Å². The molecule has 0 aliphatic rings. The van der Waals surface area contributed by atoms with Crippen molar-refractivity contribution >= 4 is 22.8 Å². The molecule has 0 amide bonds. The fraction of sp³-hybridized carbons (Fsp3) is 0.0833. The van der Waals surface area contributed by atoms with Gasteiger partial charge in [0.2, 0.25) is 0 Å². The second-order valence-corrected chi connectivity index (χ2v) is 4.13. The van der Waals surface area contributed by atoms with Gasteiger partial charge in [0.15, 0.2) is 11.5 Å². The van der Waals surface area contributed by atoms with Crippen LogP contribution in [0.15, 0.2) is 30.5 Å². The molecular formula is C12H9ClN4. The first kappa shape index (κ1) is 10.2. The predicted molar refractivity (Wildman–Crippen MR) is 66.9 cm³/mol. The van der Waals surface area contributed by atoms with Gasteiger partial charge in [-0.3, -0.25) is 4.98 Å². The molecule has 0 saturated carbocycles. The smallest absolute Gasteiger partial charge is 0.178 e. The van der Waals surface area contributed by atoms with Gasteiger partial charge in [0.25, 0.3) is 0 Å². The van der Waals surface area contributed by atoms with E-state index < -0.39 is 0 Å². The van der Waals surface area contributed by atoms with Gasteiger partial charge in [-0.1, -0.05) is 17.7 Å². The summed E-state index contributed by atoms with van der Waals surface area (Å²) >= 11 is 6.02. The van der Waals surface area contributed by atoms with Gasteiger partial charge in [0.05, 0.1) is 16.2 Å². The number of rotatable bonds is 1. The maximum Gasteiger partial charge on any atom is 0.178 e. The number of pyridine rings is 2. The molecule has 0 atom stereocenters. The molecule has 4 nitrogen and oxygen atoms in total. The Balaban J connectivity index is 2.21. The number of aryl methyl sites for hydroxylation is 1. The third kappa shape index (κ3) is 1.76. The second-order valence-electron chi connectivity index (χ2n) is 3.73. The third-order valence-corrected chi connectivity index (χ3v) is 2.89. The van der Waals surface area contributed by atoms with Gasteiger partial charge in [-0.25, -0.2) is 9.97 Å². The zero-order chi connectivity index (χ0) is 11.8. The van der Waals surface area contributed by atoms with E-state index in [0.29, 0.717) is 16.5 Å². The Bertz CT molecular complexity index is 637. The van der Waals surface area contributed by atoms with Gasteiger partial charge in [-0.15, -0.1) is 0 Å². The molecule has 0 radical (unpaired) electrons. The number of aromatic amines is 1. The summed E-state index contributed by atoms with van der Waals surface area (Å²) in [6.45, 7) is 1.86. The number of H-pyrrole nitrogens is 1. The minimum atomic E-state index is 0.633. The second kappa shape index (κ2) is 3.82. The molecule has 0 fully saturated rings. The van der Waals surface area contributed by atoms with Gasteiger partial charge in [-0.2, -0.15) is 0 Å². The van der Waals surface area contributed by atoms with Crippen molar-refractivity contribution in [3.63, 3.8) is 0 Å². The van der Waals surface area contributed by atoms with Crippen molar-refractivity contribution in [3.8, 4) is 11.5 Å². The molecule has 5 heteroatoms. The van der Waals surface area contributed by atoms with Crippen molar-refractivity contribution in [2.75, 3.05) is 0 Å². The molecule has 3 aromatic rings. The van der Waals surface area contributed by atoms with Crippen LogP contribution in [0.25, 0.3) is 22.7 Å². The van der Waals surface area contributed by atoms with E-state index in [1.807, 2.05) is 31.2 Å². The van der Waals surface area contributed by atoms with E-state index in [0.717, 1.165) is 16.9 Å². The Morgan fingerprint density at radius 2 is 2.12 bits per heavy atom. The molecular weight excluding hydrogens is 236 g/mol. The molecule has 0 saturated heterocycles. The number of fused-ring (bicyclic) bond motifs is 1. The Labute approximate surface area is 103 Å². The van der Waals surface area contributed by atoms with Crippen LogP contribution in [-0.4, -0.2) is 19.9 Å². The fourth-order valence-electron chi connectivity index (χ4n) is 1.63. The molecule has 17 heavy (non-hydrogen) atoms. The summed E-state index contributed by atoms with van der Waals surface area (Å²) in [6.07, 6.45) is 1.73. The molecule has 3 rings (SSSR count). The largest absolute Gasteiger partial charge is 0.335 e. The van der Waals surface area contributed by atoms with E-state index in [4.69, 9.17) is 11.6 Å². The average Bonchev–Trinajstić information content (AvgIpc) is 2.74. The highest BCUT2D eigenvalue weighted by molar-refractivity contribution is 6.31. The lowest BCUT2D eigenvalue weighted by molar-refractivity contribution is 1.20. The van der Waals surface area contributed by atoms with Gasteiger partial charge >= 0.3 is 0 Å². The summed E-state index contributed by atoms with van der Waals surface area (Å²) in [5.41, 5.74) is 3.05. The van der Waals surface area contributed by atoms with E-state index in [-0.39, 0.29) is 0 Å². The number of nitrogens with one attached hydrogen (secondary N) is 1. The Morgan fingerprint density at radius 1 is 1.24 bits per heavy atom. The normalized spacial score (nSPS) is 10.9. The third-order valence-electron chi connectivity index (χ3n) is 2.51. The van der Waals surface area contributed by atoms with Crippen LogP contribution < -0.4 is 0 Å². The zero-order valence-corrected chi connectivity index (χ0v) is 9.86. The summed E-state index contributed by atoms with van der Waals surface area (Å²) < 4.78 is 0. The van der Waals surface area contributed by atoms with Gasteiger partial charge in [-0.05, 0) is 25.1 Å². The minimum absolute atomic E-state index is 0.633. The van der Waals surface area contributed by atoms with Crippen LogP contribution in [0, 0.1) is 6.92 Å². The molecule has 3 heterocycles. The van der Waals surface area contributed by atoms with E-state index in [1.165, 1.54) is 0 Å². The van der Waals surface area contributed by atoms with Crippen molar-refractivity contribution < 1.29 is 0 Å². The Kier molecular flexibility index (Phi) is 2.30. The molecule has 0 aliphatic carbocycles. The lowest BCUT2D eigenvalue weighted by atomic mass is 10.3. The highest BCUT2D eigenvalue weighted by Gasteiger charge is 2.08. The van der Waals surface area contributed by atoms with Crippen LogP contribution in [-0.2, 0) is 0 Å². The molecule has 0 unspecified atom stereocenters. The summed E-state index contributed by atoms with van der Waals surface area (Å²) in [7, 11) is 0. The fourth-order valence-corrected chi connectivity index (χ4v) is 1.78. The topological polar surface area (TPSA) is 54.5 Å². The van der Waals surface area contributed by atoms with E-state index in [2.05, 4.69) is 19.9 Å². The monoisotopic (exact) mass is 244 g/mol. The van der Waals surface area contributed by atoms with Crippen LogP contribution >= 0.6 is 11.6 Å². The summed E-state index contributed by atoms with van der Waals surface area (Å²) in [5, 5.41) is 0.633. The first-order valence-electron chi connectivity index (χ1n) is 5.18. The number of hydrogen-bond acceptors (Lipinski definition) is 3. The van der Waals surface area contributed by atoms with Crippen LogP contribution in [0.5, 0.6) is 0 Å². The lowest BCUT2D eigenvalue weighted by Gasteiger charge is -1.94. The number of hydrogen-bond donors (Lipinski definition) is 1. The van der Waals surface area contributed by atoms with Crippen LogP contribution in [0.3, 0.4) is 0 Å². The molecule has 1 N–H and O–H groups in total. The Hall–Kier alpha value is -1.94. The van der Waals surface area contributed by atoms with Crippen molar-refractivity contribution in [2.45, 2.75) is 6.92 Å². The summed E-state index contributed by atoms with van der Waals surface area (Å²) in [6, 6.07) is 7.51. The number of imidazole rings is 1. The predicted octanol–water partition coefficient (Wildman–Crippen LogP) is 2.98. The van der Waals surface area contributed by atoms with Crippen LogP contribution in [0.1, 0.15) is 5.69 Å². The molecule has 3 aromatic heterocycles. The SMILES string of the molecule is Cc1nc2nc(-c3ccccn3)[nH]c2cc1Cl. The quantitative estimate of drug-likeness (QED) is 0.716. The lowest BCUT2D eigenvalue weighted by Crippen LogP contribution is -1.84. The van der Waals surface area contributed by atoms with E-state index in [9.17, 15) is 0 Å². The standard InChI is InChI=1S/C12H9ClN4/c1-7-8(13)6-10-12(15-7)17-11(16-10)9-4-2-3-5-14-9/h2-6H,1H3,(H,15,16,17). The van der Waals surface area contributed by atoms with E-state index in [1.54, 1.807) is 6.20 Å². The van der Waals surface area contributed by atoms with Crippen molar-refractivity contribution in [3.05, 3.63) is 41.2 Å².